The maximum absolute atomic E-state index is 10.7. The molecule has 0 saturated heterocycles. The van der Waals surface area contributed by atoms with Crippen LogP contribution in [0.15, 0.2) is 41.0 Å². The number of hydrogen-bond acceptors (Lipinski definition) is 3. The molecule has 0 atom stereocenters. The molecule has 102 valence electrons. The maximum Gasteiger partial charge on any atom is 0.337 e. The maximum atomic E-state index is 10.7. The van der Waals surface area contributed by atoms with Crippen molar-refractivity contribution in [3.63, 3.8) is 0 Å². The first kappa shape index (κ1) is 14.3. The molecule has 0 bridgehead atoms. The predicted molar refractivity (Wildman–Crippen MR) is 80.8 cm³/mol. The summed E-state index contributed by atoms with van der Waals surface area (Å²) in [4.78, 5) is 14.8. The zero-order chi connectivity index (χ0) is 14.5. The minimum Gasteiger partial charge on any atom is -0.497 e. The Morgan fingerprint density at radius 2 is 2.10 bits per heavy atom. The van der Waals surface area contributed by atoms with E-state index in [4.69, 9.17) is 9.84 Å². The van der Waals surface area contributed by atoms with Gasteiger partial charge in [-0.3, -0.25) is 4.98 Å². The second-order valence-corrected chi connectivity index (χ2v) is 4.85. The summed E-state index contributed by atoms with van der Waals surface area (Å²) in [5.74, 6) is -0.217. The van der Waals surface area contributed by atoms with Crippen molar-refractivity contribution in [1.29, 1.82) is 0 Å². The molecule has 0 amide bonds. The molecule has 0 spiro atoms. The summed E-state index contributed by atoms with van der Waals surface area (Å²) in [5, 5.41) is 8.80. The quantitative estimate of drug-likeness (QED) is 0.926. The van der Waals surface area contributed by atoms with Gasteiger partial charge in [0.15, 0.2) is 0 Å². The molecule has 2 rings (SSSR count). The number of methoxy groups -OCH3 is 1. The minimum atomic E-state index is -0.983. The van der Waals surface area contributed by atoms with Gasteiger partial charge in [-0.05, 0) is 42.0 Å². The van der Waals surface area contributed by atoms with Gasteiger partial charge in [0, 0.05) is 10.7 Å². The lowest BCUT2D eigenvalue weighted by Gasteiger charge is -2.03. The van der Waals surface area contributed by atoms with E-state index in [9.17, 15) is 4.79 Å². The molecule has 2 aromatic rings. The minimum absolute atomic E-state index is 0.171. The van der Waals surface area contributed by atoms with E-state index in [0.29, 0.717) is 5.69 Å². The van der Waals surface area contributed by atoms with Gasteiger partial charge in [-0.2, -0.15) is 0 Å². The highest BCUT2D eigenvalue weighted by Crippen LogP contribution is 2.24. The van der Waals surface area contributed by atoms with Crippen molar-refractivity contribution in [3.8, 4) is 5.75 Å². The number of carbonyl (C=O) groups is 1. The third kappa shape index (κ3) is 3.45. The van der Waals surface area contributed by atoms with Gasteiger partial charge >= 0.3 is 5.97 Å². The van der Waals surface area contributed by atoms with Gasteiger partial charge in [-0.25, -0.2) is 4.79 Å². The Morgan fingerprint density at radius 1 is 1.30 bits per heavy atom. The van der Waals surface area contributed by atoms with E-state index in [1.807, 2.05) is 30.4 Å². The average Bonchev–Trinajstić information content (AvgIpc) is 2.47. The molecule has 0 radical (unpaired) electrons. The molecule has 20 heavy (non-hydrogen) atoms. The Labute approximate surface area is 124 Å². The van der Waals surface area contributed by atoms with Crippen LogP contribution in [0, 0.1) is 0 Å². The van der Waals surface area contributed by atoms with Crippen molar-refractivity contribution < 1.29 is 14.6 Å². The molecule has 0 unspecified atom stereocenters. The first-order chi connectivity index (χ1) is 9.60. The topological polar surface area (TPSA) is 59.4 Å². The molecule has 1 aromatic heterocycles. The molecule has 0 aliphatic heterocycles. The molecule has 0 fully saturated rings. The fourth-order valence-electron chi connectivity index (χ4n) is 1.58. The van der Waals surface area contributed by atoms with Crippen LogP contribution in [0.5, 0.6) is 5.75 Å². The number of nitrogens with zero attached hydrogens (tertiary/aromatic N) is 1. The SMILES string of the molecule is COc1ccc(Br)c(/C=C/c2ccc(C(=O)O)cn2)c1. The van der Waals surface area contributed by atoms with Crippen molar-refractivity contribution >= 4 is 34.1 Å². The average molecular weight is 334 g/mol. The van der Waals surface area contributed by atoms with E-state index in [1.165, 1.54) is 12.3 Å². The van der Waals surface area contributed by atoms with Crippen molar-refractivity contribution in [3.05, 3.63) is 57.8 Å². The molecule has 5 heteroatoms. The molecule has 1 N–H and O–H groups in total. The van der Waals surface area contributed by atoms with Crippen molar-refractivity contribution in [1.82, 2.24) is 4.98 Å². The van der Waals surface area contributed by atoms with Crippen LogP contribution in [0.25, 0.3) is 12.2 Å². The summed E-state index contributed by atoms with van der Waals surface area (Å²) in [7, 11) is 1.61. The van der Waals surface area contributed by atoms with Crippen molar-refractivity contribution in [2.24, 2.45) is 0 Å². The van der Waals surface area contributed by atoms with E-state index in [-0.39, 0.29) is 5.56 Å². The number of carboxylic acid groups (broad SMARTS) is 1. The Balaban J connectivity index is 2.22. The molecular formula is C15H12BrNO3. The Hall–Kier alpha value is -2.14. The number of benzene rings is 1. The van der Waals surface area contributed by atoms with Crippen molar-refractivity contribution in [2.45, 2.75) is 0 Å². The highest BCUT2D eigenvalue weighted by Gasteiger charge is 2.02. The van der Waals surface area contributed by atoms with Crippen molar-refractivity contribution in [2.75, 3.05) is 7.11 Å². The predicted octanol–water partition coefficient (Wildman–Crippen LogP) is 3.72. The summed E-state index contributed by atoms with van der Waals surface area (Å²) in [6.07, 6.45) is 5.03. The third-order valence-corrected chi connectivity index (χ3v) is 3.39. The van der Waals surface area contributed by atoms with Gasteiger partial charge < -0.3 is 9.84 Å². The van der Waals surface area contributed by atoms with Gasteiger partial charge in [0.2, 0.25) is 0 Å². The van der Waals surface area contributed by atoms with E-state index in [0.717, 1.165) is 15.8 Å². The lowest BCUT2D eigenvalue weighted by molar-refractivity contribution is 0.0696. The lowest BCUT2D eigenvalue weighted by Crippen LogP contribution is -1.96. The number of hydrogen-bond donors (Lipinski definition) is 1. The number of aromatic carboxylic acids is 1. The van der Waals surface area contributed by atoms with Gasteiger partial charge in [-0.1, -0.05) is 22.0 Å². The molecule has 1 heterocycles. The monoisotopic (exact) mass is 333 g/mol. The second kappa shape index (κ2) is 6.34. The van der Waals surface area contributed by atoms with Crippen LogP contribution in [-0.4, -0.2) is 23.2 Å². The van der Waals surface area contributed by atoms with Crippen LogP contribution in [-0.2, 0) is 0 Å². The highest BCUT2D eigenvalue weighted by atomic mass is 79.9. The largest absolute Gasteiger partial charge is 0.497 e. The van der Waals surface area contributed by atoms with Crippen LogP contribution in [0.3, 0.4) is 0 Å². The molecule has 0 aliphatic carbocycles. The summed E-state index contributed by atoms with van der Waals surface area (Å²) in [5.41, 5.74) is 1.81. The Kier molecular flexibility index (Phi) is 4.53. The standard InChI is InChI=1S/C15H12BrNO3/c1-20-13-6-7-14(16)10(8-13)2-4-12-5-3-11(9-17-12)15(18)19/h2-9H,1H3,(H,18,19)/b4-2+. The zero-order valence-electron chi connectivity index (χ0n) is 10.7. The first-order valence-electron chi connectivity index (χ1n) is 5.81. The van der Waals surface area contributed by atoms with Crippen LogP contribution in [0.2, 0.25) is 0 Å². The van der Waals surface area contributed by atoms with Crippen LogP contribution in [0.4, 0.5) is 0 Å². The highest BCUT2D eigenvalue weighted by molar-refractivity contribution is 9.10. The van der Waals surface area contributed by atoms with Gasteiger partial charge in [-0.15, -0.1) is 0 Å². The molecule has 1 aromatic carbocycles. The van der Waals surface area contributed by atoms with Gasteiger partial charge in [0.1, 0.15) is 5.75 Å². The number of halogens is 1. The number of carboxylic acids is 1. The summed E-state index contributed by atoms with van der Waals surface area (Å²) < 4.78 is 6.11. The van der Waals surface area contributed by atoms with Gasteiger partial charge in [0.05, 0.1) is 18.4 Å². The third-order valence-electron chi connectivity index (χ3n) is 2.67. The van der Waals surface area contributed by atoms with Gasteiger partial charge in [0.25, 0.3) is 0 Å². The van der Waals surface area contributed by atoms with E-state index < -0.39 is 5.97 Å². The van der Waals surface area contributed by atoms with E-state index in [2.05, 4.69) is 20.9 Å². The van der Waals surface area contributed by atoms with Crippen LogP contribution in [0.1, 0.15) is 21.6 Å². The number of aromatic nitrogens is 1. The van der Waals surface area contributed by atoms with E-state index >= 15 is 0 Å². The zero-order valence-corrected chi connectivity index (χ0v) is 12.3. The summed E-state index contributed by atoms with van der Waals surface area (Å²) >= 11 is 3.46. The molecule has 4 nitrogen and oxygen atoms in total. The lowest BCUT2D eigenvalue weighted by atomic mass is 10.2. The normalized spacial score (nSPS) is 10.7. The molecular weight excluding hydrogens is 322 g/mol. The fraction of sp³-hybridized carbons (Fsp3) is 0.0667. The smallest absolute Gasteiger partial charge is 0.337 e. The number of rotatable bonds is 4. The number of pyridine rings is 1. The van der Waals surface area contributed by atoms with Crippen LogP contribution >= 0.6 is 15.9 Å². The summed E-state index contributed by atoms with van der Waals surface area (Å²) in [6, 6.07) is 8.84. The summed E-state index contributed by atoms with van der Waals surface area (Å²) in [6.45, 7) is 0. The Bertz CT molecular complexity index is 651. The fourth-order valence-corrected chi connectivity index (χ4v) is 1.96. The Morgan fingerprint density at radius 3 is 2.70 bits per heavy atom. The molecule has 0 saturated carbocycles. The van der Waals surface area contributed by atoms with E-state index in [1.54, 1.807) is 13.2 Å². The molecule has 0 aliphatic rings. The first-order valence-corrected chi connectivity index (χ1v) is 6.60. The van der Waals surface area contributed by atoms with Crippen LogP contribution < -0.4 is 4.74 Å². The second-order valence-electron chi connectivity index (χ2n) is 4.00. The number of ether oxygens (including phenoxy) is 1.